The summed E-state index contributed by atoms with van der Waals surface area (Å²) in [5, 5.41) is 17.2. The van der Waals surface area contributed by atoms with Crippen LogP contribution in [0.3, 0.4) is 0 Å². The van der Waals surface area contributed by atoms with Gasteiger partial charge in [0.05, 0.1) is 46.9 Å². The number of hydrogen-bond acceptors (Lipinski definition) is 14. The first-order valence-corrected chi connectivity index (χ1v) is 25.2. The number of sulfonamides is 1. The molecule has 1 atom stereocenters. The number of nitrogens with one attached hydrogen (secondary N) is 3. The number of nitro benzene ring substituents is 1. The lowest BCUT2D eigenvalue weighted by atomic mass is 9.72. The number of hydrogen-bond donors (Lipinski definition) is 3. The first-order valence-electron chi connectivity index (χ1n) is 23.3. The van der Waals surface area contributed by atoms with E-state index in [-0.39, 0.29) is 35.1 Å². The van der Waals surface area contributed by atoms with Crippen LogP contribution in [0, 0.1) is 15.5 Å². The van der Waals surface area contributed by atoms with Gasteiger partial charge in [0.25, 0.3) is 21.6 Å². The van der Waals surface area contributed by atoms with E-state index in [0.717, 1.165) is 87.2 Å². The molecule has 10 rings (SSSR count). The normalized spacial score (nSPS) is 20.1. The second-order valence-corrected chi connectivity index (χ2v) is 21.2. The van der Waals surface area contributed by atoms with Crippen LogP contribution in [0.15, 0.2) is 83.4 Å². The second kappa shape index (κ2) is 18.9. The molecule has 2 aromatic heterocycles. The van der Waals surface area contributed by atoms with E-state index in [1.54, 1.807) is 12.3 Å². The largest absolute Gasteiger partial charge is 0.489 e. The Morgan fingerprint density at radius 1 is 0.941 bits per heavy atom. The number of halogens is 1. The van der Waals surface area contributed by atoms with Gasteiger partial charge in [-0.1, -0.05) is 43.2 Å². The van der Waals surface area contributed by atoms with Gasteiger partial charge in [0, 0.05) is 93.3 Å². The van der Waals surface area contributed by atoms with Crippen molar-refractivity contribution in [2.75, 3.05) is 100 Å². The number of amides is 1. The number of anilines is 4. The van der Waals surface area contributed by atoms with Crippen molar-refractivity contribution in [2.45, 2.75) is 50.5 Å². The Morgan fingerprint density at radius 2 is 1.74 bits per heavy atom. The number of benzene rings is 3. The minimum Gasteiger partial charge on any atom is -0.489 e. The SMILES string of the molecule is CC1(C)CCC(CN2CCN(c3ccc(C(=O)NS(=O)(=O)c4cc5c(c([N+](=O)[O-])c4)N[C@H](CN4CCOCC4)CO5)c(N4CCCOc5nc6[nH]ccc6cc54)c3)CC2)=C(c2ccc(Cl)cc2)C1. The van der Waals surface area contributed by atoms with E-state index in [9.17, 15) is 23.3 Å². The summed E-state index contributed by atoms with van der Waals surface area (Å²) in [4.78, 5) is 42.7. The number of aromatic nitrogens is 2. The molecular formula is C49H56ClN9O8S. The lowest BCUT2D eigenvalue weighted by Gasteiger charge is -2.39. The number of ether oxygens (including phenoxy) is 3. The molecule has 6 heterocycles. The van der Waals surface area contributed by atoms with E-state index in [1.807, 2.05) is 41.3 Å². The first-order chi connectivity index (χ1) is 32.8. The van der Waals surface area contributed by atoms with E-state index in [1.165, 1.54) is 22.8 Å². The zero-order valence-electron chi connectivity index (χ0n) is 38.3. The molecular weight excluding hydrogens is 910 g/mol. The maximum absolute atomic E-state index is 14.5. The van der Waals surface area contributed by atoms with Gasteiger partial charge in [-0.25, -0.2) is 13.1 Å². The number of pyridine rings is 1. The van der Waals surface area contributed by atoms with Crippen LogP contribution in [-0.2, 0) is 14.8 Å². The highest BCUT2D eigenvalue weighted by molar-refractivity contribution is 7.90. The van der Waals surface area contributed by atoms with Crippen LogP contribution in [0.2, 0.25) is 5.02 Å². The molecule has 2 saturated heterocycles. The molecule has 0 unspecified atom stereocenters. The van der Waals surface area contributed by atoms with E-state index in [4.69, 9.17) is 30.8 Å². The third-order valence-electron chi connectivity index (χ3n) is 13.7. The lowest BCUT2D eigenvalue weighted by molar-refractivity contribution is -0.384. The molecule has 358 valence electrons. The zero-order valence-corrected chi connectivity index (χ0v) is 39.8. The molecule has 68 heavy (non-hydrogen) atoms. The predicted molar refractivity (Wildman–Crippen MR) is 262 cm³/mol. The van der Waals surface area contributed by atoms with Gasteiger partial charge < -0.3 is 34.3 Å². The van der Waals surface area contributed by atoms with Crippen molar-refractivity contribution < 1.29 is 32.3 Å². The molecule has 4 aliphatic heterocycles. The Labute approximate surface area is 400 Å². The summed E-state index contributed by atoms with van der Waals surface area (Å²) in [6, 6.07) is 19.4. The number of carbonyl (C=O) groups is 1. The minimum atomic E-state index is -4.67. The molecule has 19 heteroatoms. The van der Waals surface area contributed by atoms with E-state index >= 15 is 0 Å². The molecule has 1 aliphatic carbocycles. The third-order valence-corrected chi connectivity index (χ3v) is 15.3. The van der Waals surface area contributed by atoms with Crippen molar-refractivity contribution in [3.05, 3.63) is 105 Å². The molecule has 2 fully saturated rings. The molecule has 3 N–H and O–H groups in total. The molecule has 3 aromatic carbocycles. The highest BCUT2D eigenvalue weighted by atomic mass is 35.5. The summed E-state index contributed by atoms with van der Waals surface area (Å²) < 4.78 is 48.2. The predicted octanol–water partition coefficient (Wildman–Crippen LogP) is 7.45. The molecule has 0 spiro atoms. The molecule has 5 aromatic rings. The van der Waals surface area contributed by atoms with Crippen molar-refractivity contribution in [3.8, 4) is 11.6 Å². The summed E-state index contributed by atoms with van der Waals surface area (Å²) in [6.07, 6.45) is 5.58. The number of rotatable bonds is 11. The summed E-state index contributed by atoms with van der Waals surface area (Å²) in [5.41, 5.74) is 6.69. The number of nitro groups is 1. The highest BCUT2D eigenvalue weighted by Crippen LogP contribution is 2.45. The van der Waals surface area contributed by atoms with Crippen molar-refractivity contribution in [1.82, 2.24) is 24.5 Å². The summed E-state index contributed by atoms with van der Waals surface area (Å²) in [7, 11) is -4.67. The van der Waals surface area contributed by atoms with Crippen molar-refractivity contribution >= 4 is 72.6 Å². The topological polar surface area (TPSA) is 188 Å². The van der Waals surface area contributed by atoms with Crippen LogP contribution in [0.5, 0.6) is 11.6 Å². The smallest absolute Gasteiger partial charge is 0.297 e. The van der Waals surface area contributed by atoms with E-state index in [0.29, 0.717) is 62.2 Å². The standard InChI is InChI=1S/C49H56ClN9O8S/c1-49(2)12-10-34(40(28-49)32-4-6-35(50)7-5-32)29-55-15-17-57(18-16-55)37-8-9-39(41(25-37)58-14-3-21-66-48-43(58)24-33-11-13-51-46(33)53-48)47(60)54-68(63,64)38-26-42(59(61)62)45-44(27-38)67-31-36(52-45)30-56-19-22-65-23-20-56/h4-9,11,13,24-27,36,52H,3,10,12,14-23,28-31H2,1-2H3,(H,51,53)(H,54,60)/t36-/m1/s1. The summed E-state index contributed by atoms with van der Waals surface area (Å²) in [6.45, 7) is 12.9. The Kier molecular flexibility index (Phi) is 12.7. The zero-order chi connectivity index (χ0) is 47.2. The van der Waals surface area contributed by atoms with Crippen molar-refractivity contribution in [3.63, 3.8) is 0 Å². The van der Waals surface area contributed by atoms with Crippen LogP contribution in [0.4, 0.5) is 28.4 Å². The number of fused-ring (bicyclic) bond motifs is 3. The number of aromatic amines is 1. The van der Waals surface area contributed by atoms with Gasteiger partial charge in [0.1, 0.15) is 17.9 Å². The molecule has 0 radical (unpaired) electrons. The van der Waals surface area contributed by atoms with E-state index in [2.05, 4.69) is 55.7 Å². The monoisotopic (exact) mass is 965 g/mol. The van der Waals surface area contributed by atoms with Crippen LogP contribution in [0.25, 0.3) is 16.6 Å². The number of nitrogens with zero attached hydrogens (tertiary/aromatic N) is 6. The van der Waals surface area contributed by atoms with Crippen molar-refractivity contribution in [1.29, 1.82) is 0 Å². The minimum absolute atomic E-state index is 0.0153. The Bertz CT molecular complexity index is 2880. The second-order valence-electron chi connectivity index (χ2n) is 19.0. The van der Waals surface area contributed by atoms with Gasteiger partial charge in [-0.2, -0.15) is 4.98 Å². The van der Waals surface area contributed by atoms with Crippen LogP contribution in [-0.4, -0.2) is 130 Å². The van der Waals surface area contributed by atoms with Gasteiger partial charge >= 0.3 is 0 Å². The van der Waals surface area contributed by atoms with Gasteiger partial charge in [-0.05, 0) is 84.7 Å². The Hall–Kier alpha value is -5.92. The highest BCUT2D eigenvalue weighted by Gasteiger charge is 2.35. The number of piperazine rings is 1. The molecule has 1 amide bonds. The number of H-pyrrole nitrogens is 1. The average Bonchev–Trinajstić information content (AvgIpc) is 3.69. The molecule has 17 nitrogen and oxygen atoms in total. The van der Waals surface area contributed by atoms with E-state index < -0.39 is 31.4 Å². The lowest BCUT2D eigenvalue weighted by Crippen LogP contribution is -2.47. The van der Waals surface area contributed by atoms with Crippen LogP contribution in [0.1, 0.15) is 55.5 Å². The fourth-order valence-electron chi connectivity index (χ4n) is 10.0. The van der Waals surface area contributed by atoms with Gasteiger partial charge in [0.2, 0.25) is 5.88 Å². The number of morpholine rings is 1. The van der Waals surface area contributed by atoms with Gasteiger partial charge in [-0.3, -0.25) is 24.7 Å². The molecule has 5 aliphatic rings. The van der Waals surface area contributed by atoms with Crippen LogP contribution >= 0.6 is 11.6 Å². The number of carbonyl (C=O) groups excluding carboxylic acids is 1. The fourth-order valence-corrected chi connectivity index (χ4v) is 11.2. The summed E-state index contributed by atoms with van der Waals surface area (Å²) >= 11 is 6.28. The van der Waals surface area contributed by atoms with Gasteiger partial charge in [-0.15, -0.1) is 0 Å². The van der Waals surface area contributed by atoms with Gasteiger partial charge in [0.15, 0.2) is 11.4 Å². The third kappa shape index (κ3) is 9.69. The van der Waals surface area contributed by atoms with Crippen molar-refractivity contribution in [2.24, 2.45) is 5.41 Å². The van der Waals surface area contributed by atoms with Crippen LogP contribution < -0.4 is 29.3 Å². The number of allylic oxidation sites excluding steroid dienone is 1. The molecule has 0 bridgehead atoms. The maximum Gasteiger partial charge on any atom is 0.297 e. The summed E-state index contributed by atoms with van der Waals surface area (Å²) in [5.74, 6) is -0.498. The Balaban J connectivity index is 0.926. The maximum atomic E-state index is 14.5. The Morgan fingerprint density at radius 3 is 2.51 bits per heavy atom. The quantitative estimate of drug-likeness (QED) is 0.0875. The molecule has 0 saturated carbocycles. The average molecular weight is 967 g/mol. The fraction of sp³-hybridized carbons (Fsp3) is 0.429. The first kappa shape index (κ1) is 45.8.